The Morgan fingerprint density at radius 3 is 2.31 bits per heavy atom. The molecule has 0 bridgehead atoms. The summed E-state index contributed by atoms with van der Waals surface area (Å²) in [6, 6.07) is 5.86. The van der Waals surface area contributed by atoms with E-state index in [9.17, 15) is 19.8 Å². The van der Waals surface area contributed by atoms with E-state index < -0.39 is 23.1 Å². The number of benzene rings is 1. The number of rotatable bonds is 0. The van der Waals surface area contributed by atoms with Crippen LogP contribution in [-0.2, 0) is 0 Å². The maximum Gasteiger partial charge on any atom is 0.233 e. The van der Waals surface area contributed by atoms with Crippen molar-refractivity contribution in [3.8, 4) is 6.07 Å². The fourth-order valence-corrected chi connectivity index (χ4v) is 1.54. The fraction of sp³-hybridized carbons (Fsp3) is 0. The Balaban J connectivity index is 2.82. The number of allylic oxidation sites excluding steroid dienone is 2. The highest BCUT2D eigenvalue weighted by molar-refractivity contribution is 6.25. The molecular weight excluding hydrogens is 210 g/mol. The zero-order chi connectivity index (χ0) is 11.9. The van der Waals surface area contributed by atoms with Crippen LogP contribution in [0.3, 0.4) is 0 Å². The van der Waals surface area contributed by atoms with Gasteiger partial charge in [0.25, 0.3) is 0 Å². The van der Waals surface area contributed by atoms with Crippen LogP contribution in [0.5, 0.6) is 0 Å². The van der Waals surface area contributed by atoms with Crippen molar-refractivity contribution in [2.24, 2.45) is 0 Å². The molecule has 0 radical (unpaired) electrons. The Morgan fingerprint density at radius 1 is 1.06 bits per heavy atom. The SMILES string of the molecule is N#Cc1cccc2c1C(=O)C(O)=C(O)C2=O. The number of carbonyl (C=O) groups excluding carboxylic acids is 2. The highest BCUT2D eigenvalue weighted by Gasteiger charge is 2.34. The van der Waals surface area contributed by atoms with E-state index in [-0.39, 0.29) is 16.7 Å². The number of hydrogen-bond acceptors (Lipinski definition) is 5. The summed E-state index contributed by atoms with van der Waals surface area (Å²) in [6.07, 6.45) is 0. The summed E-state index contributed by atoms with van der Waals surface area (Å²) in [5.41, 5.74) is -0.237. The molecule has 0 aromatic heterocycles. The summed E-state index contributed by atoms with van der Waals surface area (Å²) < 4.78 is 0. The topological polar surface area (TPSA) is 98.4 Å². The van der Waals surface area contributed by atoms with Gasteiger partial charge in [-0.05, 0) is 6.07 Å². The van der Waals surface area contributed by atoms with Crippen LogP contribution in [0.15, 0.2) is 29.7 Å². The van der Waals surface area contributed by atoms with E-state index in [1.54, 1.807) is 6.07 Å². The lowest BCUT2D eigenvalue weighted by Crippen LogP contribution is -2.23. The van der Waals surface area contributed by atoms with Gasteiger partial charge in [-0.25, -0.2) is 0 Å². The molecule has 0 spiro atoms. The van der Waals surface area contributed by atoms with Gasteiger partial charge in [-0.1, -0.05) is 12.1 Å². The minimum Gasteiger partial charge on any atom is -0.501 e. The average molecular weight is 215 g/mol. The second-order valence-corrected chi connectivity index (χ2v) is 3.20. The number of ketones is 2. The molecule has 5 nitrogen and oxygen atoms in total. The first kappa shape index (κ1) is 9.93. The van der Waals surface area contributed by atoms with Crippen LogP contribution in [0, 0.1) is 11.3 Å². The van der Waals surface area contributed by atoms with Gasteiger partial charge in [0.15, 0.2) is 0 Å². The van der Waals surface area contributed by atoms with Crippen molar-refractivity contribution in [2.45, 2.75) is 0 Å². The van der Waals surface area contributed by atoms with Crippen molar-refractivity contribution in [3.05, 3.63) is 46.4 Å². The summed E-state index contributed by atoms with van der Waals surface area (Å²) in [5.74, 6) is -3.76. The molecule has 0 saturated heterocycles. The van der Waals surface area contributed by atoms with Crippen LogP contribution in [0.4, 0.5) is 0 Å². The Morgan fingerprint density at radius 2 is 1.69 bits per heavy atom. The quantitative estimate of drug-likeness (QED) is 0.678. The molecule has 1 aliphatic rings. The molecule has 2 N–H and O–H groups in total. The van der Waals surface area contributed by atoms with Crippen molar-refractivity contribution in [2.75, 3.05) is 0 Å². The normalized spacial score (nSPS) is 14.7. The van der Waals surface area contributed by atoms with E-state index >= 15 is 0 Å². The predicted octanol–water partition coefficient (Wildman–Crippen LogP) is 1.26. The molecule has 1 aromatic rings. The molecule has 5 heteroatoms. The fourth-order valence-electron chi connectivity index (χ4n) is 1.54. The Labute approximate surface area is 89.9 Å². The molecule has 0 aliphatic heterocycles. The van der Waals surface area contributed by atoms with Gasteiger partial charge in [-0.2, -0.15) is 5.26 Å². The van der Waals surface area contributed by atoms with E-state index in [1.807, 2.05) is 0 Å². The largest absolute Gasteiger partial charge is 0.501 e. The van der Waals surface area contributed by atoms with Crippen LogP contribution in [0.1, 0.15) is 26.3 Å². The maximum atomic E-state index is 11.6. The molecule has 0 heterocycles. The molecule has 0 fully saturated rings. The zero-order valence-corrected chi connectivity index (χ0v) is 7.89. The van der Waals surface area contributed by atoms with Gasteiger partial charge in [-0.15, -0.1) is 0 Å². The zero-order valence-electron chi connectivity index (χ0n) is 7.89. The molecule has 0 amide bonds. The third kappa shape index (κ3) is 1.10. The van der Waals surface area contributed by atoms with Crippen molar-refractivity contribution in [1.29, 1.82) is 5.26 Å². The third-order valence-corrected chi connectivity index (χ3v) is 2.31. The molecule has 1 aliphatic carbocycles. The highest BCUT2D eigenvalue weighted by Crippen LogP contribution is 2.26. The number of aliphatic hydroxyl groups excluding tert-OH is 2. The minimum atomic E-state index is -1.01. The lowest BCUT2D eigenvalue weighted by molar-refractivity contribution is 0.0880. The van der Waals surface area contributed by atoms with Gasteiger partial charge in [0.1, 0.15) is 0 Å². The molecule has 78 valence electrons. The van der Waals surface area contributed by atoms with Crippen LogP contribution in [0.2, 0.25) is 0 Å². The summed E-state index contributed by atoms with van der Waals surface area (Å²) in [7, 11) is 0. The summed E-state index contributed by atoms with van der Waals surface area (Å²) in [6.45, 7) is 0. The highest BCUT2D eigenvalue weighted by atomic mass is 16.3. The first-order valence-corrected chi connectivity index (χ1v) is 4.32. The summed E-state index contributed by atoms with van der Waals surface area (Å²) in [5, 5.41) is 27.2. The number of fused-ring (bicyclic) bond motifs is 1. The molecular formula is C11H5NO4. The molecule has 16 heavy (non-hydrogen) atoms. The Hall–Kier alpha value is -2.61. The molecule has 0 unspecified atom stereocenters. The number of nitrogens with zero attached hydrogens (tertiary/aromatic N) is 1. The van der Waals surface area contributed by atoms with E-state index in [0.29, 0.717) is 0 Å². The van der Waals surface area contributed by atoms with Gasteiger partial charge in [0.2, 0.25) is 23.1 Å². The second-order valence-electron chi connectivity index (χ2n) is 3.20. The Kier molecular flexibility index (Phi) is 1.99. The molecule has 1 aromatic carbocycles. The number of nitriles is 1. The third-order valence-electron chi connectivity index (χ3n) is 2.31. The van der Waals surface area contributed by atoms with Gasteiger partial charge in [0.05, 0.1) is 17.2 Å². The van der Waals surface area contributed by atoms with Crippen molar-refractivity contribution in [1.82, 2.24) is 0 Å². The van der Waals surface area contributed by atoms with Crippen molar-refractivity contribution in [3.63, 3.8) is 0 Å². The first-order valence-electron chi connectivity index (χ1n) is 4.32. The van der Waals surface area contributed by atoms with E-state index in [0.717, 1.165) is 0 Å². The molecule has 0 atom stereocenters. The number of aliphatic hydroxyl groups is 2. The van der Waals surface area contributed by atoms with Gasteiger partial charge in [-0.3, -0.25) is 9.59 Å². The molecule has 0 saturated carbocycles. The first-order chi connectivity index (χ1) is 7.57. The number of carbonyl (C=O) groups is 2. The lowest BCUT2D eigenvalue weighted by atomic mass is 9.89. The van der Waals surface area contributed by atoms with E-state index in [2.05, 4.69) is 0 Å². The predicted molar refractivity (Wildman–Crippen MR) is 52.1 cm³/mol. The number of hydrogen-bond donors (Lipinski definition) is 2. The van der Waals surface area contributed by atoms with E-state index in [1.165, 1.54) is 18.2 Å². The van der Waals surface area contributed by atoms with Crippen LogP contribution in [-0.4, -0.2) is 21.8 Å². The van der Waals surface area contributed by atoms with Crippen molar-refractivity contribution < 1.29 is 19.8 Å². The van der Waals surface area contributed by atoms with Crippen LogP contribution in [0.25, 0.3) is 0 Å². The maximum absolute atomic E-state index is 11.6. The van der Waals surface area contributed by atoms with Gasteiger partial charge < -0.3 is 10.2 Å². The molecule has 2 rings (SSSR count). The van der Waals surface area contributed by atoms with Crippen molar-refractivity contribution >= 4 is 11.6 Å². The minimum absolute atomic E-state index is 0.00472. The average Bonchev–Trinajstić information content (AvgIpc) is 2.32. The van der Waals surface area contributed by atoms with E-state index in [4.69, 9.17) is 5.26 Å². The smallest absolute Gasteiger partial charge is 0.233 e. The lowest BCUT2D eigenvalue weighted by Gasteiger charge is -2.14. The van der Waals surface area contributed by atoms with Gasteiger partial charge >= 0.3 is 0 Å². The second kappa shape index (κ2) is 3.21. The monoisotopic (exact) mass is 215 g/mol. The summed E-state index contributed by atoms with van der Waals surface area (Å²) >= 11 is 0. The Bertz CT molecular complexity index is 592. The standard InChI is InChI=1S/C11H5NO4/c12-4-5-2-1-3-6-7(5)9(14)11(16)10(15)8(6)13/h1-3,15-16H. The van der Waals surface area contributed by atoms with Crippen LogP contribution < -0.4 is 0 Å². The number of Topliss-reactive ketones (excluding diaryl/α,β-unsaturated/α-hetero) is 2. The summed E-state index contributed by atoms with van der Waals surface area (Å²) in [4.78, 5) is 23.1. The van der Waals surface area contributed by atoms with Crippen LogP contribution >= 0.6 is 0 Å². The van der Waals surface area contributed by atoms with Gasteiger partial charge in [0, 0.05) is 5.56 Å².